The van der Waals surface area contributed by atoms with Crippen molar-refractivity contribution < 1.29 is 74.6 Å². The van der Waals surface area contributed by atoms with E-state index in [0.29, 0.717) is 5.56 Å². The van der Waals surface area contributed by atoms with Crippen molar-refractivity contribution in [3.8, 4) is 0 Å². The Labute approximate surface area is 251 Å². The Bertz CT molecular complexity index is 1210. The van der Waals surface area contributed by atoms with E-state index in [2.05, 4.69) is 0 Å². The zero-order valence-electron chi connectivity index (χ0n) is 23.3. The quantitative estimate of drug-likeness (QED) is 0.0417. The number of benzene rings is 2. The molecule has 15 nitrogen and oxygen atoms in total. The van der Waals surface area contributed by atoms with Crippen LogP contribution in [0.3, 0.4) is 0 Å². The Morgan fingerprint density at radius 1 is 0.773 bits per heavy atom. The topological polar surface area (TPSA) is 269 Å². The number of ketones is 1. The molecule has 1 unspecified atom stereocenters. The molecule has 44 heavy (non-hydrogen) atoms. The number of rotatable bonds is 19. The van der Waals surface area contributed by atoms with Gasteiger partial charge in [0.15, 0.2) is 18.4 Å². The van der Waals surface area contributed by atoms with Crippen LogP contribution in [-0.2, 0) is 19.1 Å². The molecule has 2 aromatic rings. The van der Waals surface area contributed by atoms with E-state index >= 15 is 0 Å². The number of hydrogen-bond acceptors (Lipinski definition) is 15. The summed E-state index contributed by atoms with van der Waals surface area (Å²) in [6.07, 6.45) is -18.0. The lowest BCUT2D eigenvalue weighted by molar-refractivity contribution is -0.199. The van der Waals surface area contributed by atoms with Crippen molar-refractivity contribution in [3.63, 3.8) is 0 Å². The van der Waals surface area contributed by atoms with Gasteiger partial charge in [-0.1, -0.05) is 42.5 Å². The van der Waals surface area contributed by atoms with Crippen LogP contribution in [0, 0.1) is 0 Å². The molecular weight excluding hydrogens is 588 g/mol. The highest BCUT2D eigenvalue weighted by molar-refractivity contribution is 6.09. The van der Waals surface area contributed by atoms with Crippen molar-refractivity contribution in [2.24, 2.45) is 0 Å². The monoisotopic (exact) mass is 624 g/mol. The van der Waals surface area contributed by atoms with E-state index in [4.69, 9.17) is 14.6 Å². The van der Waals surface area contributed by atoms with Crippen molar-refractivity contribution in [1.82, 2.24) is 0 Å². The second kappa shape index (κ2) is 17.1. The number of aliphatic hydroxyl groups is 9. The van der Waals surface area contributed by atoms with Gasteiger partial charge in [0.1, 0.15) is 54.4 Å². The molecule has 9 atom stereocenters. The Morgan fingerprint density at radius 2 is 1.32 bits per heavy atom. The van der Waals surface area contributed by atoms with E-state index in [0.717, 1.165) is 0 Å². The van der Waals surface area contributed by atoms with Crippen LogP contribution in [0.2, 0.25) is 0 Å². The fourth-order valence-corrected chi connectivity index (χ4v) is 4.22. The first-order valence-electron chi connectivity index (χ1n) is 13.3. The zero-order valence-corrected chi connectivity index (χ0v) is 23.3. The lowest BCUT2D eigenvalue weighted by Crippen LogP contribution is -2.60. The van der Waals surface area contributed by atoms with E-state index in [1.54, 1.807) is 30.3 Å². The minimum Gasteiger partial charge on any atom is -0.456 e. The summed E-state index contributed by atoms with van der Waals surface area (Å²) < 4.78 is 10.7. The molecule has 0 saturated carbocycles. The Kier molecular flexibility index (Phi) is 14.3. The minimum absolute atomic E-state index is 0.0644. The van der Waals surface area contributed by atoms with Crippen LogP contribution in [0.5, 0.6) is 0 Å². The SMILES string of the molecule is O=C[C@H](O)[C@@H](OCC(C[C@](O)([C@H](O)[C@H](O)CO)[C@@H](O)C=O)OC(=O)c1ccc(C(=O)c2ccccc2)cc1)[C@H](O)[C@H](O)CO. The molecule has 0 aliphatic carbocycles. The smallest absolute Gasteiger partial charge is 0.338 e. The van der Waals surface area contributed by atoms with Crippen LogP contribution in [0.25, 0.3) is 0 Å². The highest BCUT2D eigenvalue weighted by atomic mass is 16.6. The molecule has 0 saturated heterocycles. The predicted octanol–water partition coefficient (Wildman–Crippen LogP) is -3.50. The molecule has 0 fully saturated rings. The summed E-state index contributed by atoms with van der Waals surface area (Å²) in [7, 11) is 0. The standard InChI is InChI=1S/C29H36O15/c30-11-20(34)25(39)26(21(35)12-31)43-15-19(10-29(42,23(37)14-33)27(40)22(36)13-32)44-28(41)18-8-6-17(7-9-18)24(38)16-4-2-1-3-5-16/h1-9,12,14,19-23,25-27,30,32,34-37,39-40,42H,10-11,13,15H2/t19?,20-,21+,22-,23+,25-,26-,27-,29-/m1/s1. The van der Waals surface area contributed by atoms with Crippen LogP contribution in [0.1, 0.15) is 32.7 Å². The fourth-order valence-electron chi connectivity index (χ4n) is 4.22. The Balaban J connectivity index is 2.39. The summed E-state index contributed by atoms with van der Waals surface area (Å²) in [5, 5.41) is 89.9. The van der Waals surface area contributed by atoms with Crippen molar-refractivity contribution >= 4 is 24.3 Å². The van der Waals surface area contributed by atoms with Crippen LogP contribution in [0.15, 0.2) is 54.6 Å². The summed E-state index contributed by atoms with van der Waals surface area (Å²) in [5.41, 5.74) is -2.52. The molecule has 0 aromatic heterocycles. The van der Waals surface area contributed by atoms with Gasteiger partial charge < -0.3 is 65.0 Å². The number of carbonyl (C=O) groups excluding carboxylic acids is 4. The maximum Gasteiger partial charge on any atom is 0.338 e. The molecule has 2 rings (SSSR count). The van der Waals surface area contributed by atoms with E-state index in [1.807, 2.05) is 0 Å². The van der Waals surface area contributed by atoms with Gasteiger partial charge in [-0.15, -0.1) is 0 Å². The Hall–Kier alpha value is -3.48. The van der Waals surface area contributed by atoms with Gasteiger partial charge in [0.2, 0.25) is 0 Å². The second-order valence-corrected chi connectivity index (χ2v) is 9.94. The van der Waals surface area contributed by atoms with Crippen LogP contribution in [-0.4, -0.2) is 145 Å². The van der Waals surface area contributed by atoms with Gasteiger partial charge >= 0.3 is 5.97 Å². The molecule has 15 heteroatoms. The lowest BCUT2D eigenvalue weighted by Gasteiger charge is -2.39. The maximum absolute atomic E-state index is 13.1. The van der Waals surface area contributed by atoms with E-state index in [-0.39, 0.29) is 29.5 Å². The van der Waals surface area contributed by atoms with Gasteiger partial charge in [0, 0.05) is 17.5 Å². The first-order valence-corrected chi connectivity index (χ1v) is 13.3. The summed E-state index contributed by atoms with van der Waals surface area (Å²) in [4.78, 5) is 48.3. The van der Waals surface area contributed by atoms with Gasteiger partial charge in [-0.05, 0) is 12.1 Å². The minimum atomic E-state index is -2.98. The third-order valence-electron chi connectivity index (χ3n) is 6.82. The van der Waals surface area contributed by atoms with Crippen molar-refractivity contribution in [2.45, 2.75) is 60.9 Å². The van der Waals surface area contributed by atoms with E-state index in [1.165, 1.54) is 24.3 Å². The Morgan fingerprint density at radius 3 is 1.84 bits per heavy atom. The second-order valence-electron chi connectivity index (χ2n) is 9.94. The fraction of sp³-hybridized carbons (Fsp3) is 0.448. The molecule has 242 valence electrons. The molecule has 0 aliphatic heterocycles. The largest absolute Gasteiger partial charge is 0.456 e. The lowest BCUT2D eigenvalue weighted by atomic mass is 9.82. The predicted molar refractivity (Wildman–Crippen MR) is 147 cm³/mol. The van der Waals surface area contributed by atoms with Gasteiger partial charge in [0.05, 0.1) is 25.4 Å². The molecular formula is C29H36O15. The van der Waals surface area contributed by atoms with Crippen LogP contribution < -0.4 is 0 Å². The number of esters is 1. The van der Waals surface area contributed by atoms with E-state index < -0.39 is 86.6 Å². The average molecular weight is 625 g/mol. The van der Waals surface area contributed by atoms with Gasteiger partial charge in [-0.25, -0.2) is 4.79 Å². The molecule has 0 amide bonds. The highest BCUT2D eigenvalue weighted by Crippen LogP contribution is 2.27. The summed E-state index contributed by atoms with van der Waals surface area (Å²) in [6, 6.07) is 13.4. The molecule has 0 aliphatic rings. The number of ether oxygens (including phenoxy) is 2. The van der Waals surface area contributed by atoms with Gasteiger partial charge in [-0.2, -0.15) is 0 Å². The molecule has 0 radical (unpaired) electrons. The van der Waals surface area contributed by atoms with Crippen LogP contribution >= 0.6 is 0 Å². The van der Waals surface area contributed by atoms with Gasteiger partial charge in [-0.3, -0.25) is 4.79 Å². The zero-order chi connectivity index (χ0) is 33.0. The summed E-state index contributed by atoms with van der Waals surface area (Å²) in [6.45, 7) is -3.07. The first-order chi connectivity index (χ1) is 20.8. The van der Waals surface area contributed by atoms with Crippen LogP contribution in [0.4, 0.5) is 0 Å². The number of carbonyl (C=O) groups is 4. The highest BCUT2D eigenvalue weighted by Gasteiger charge is 2.48. The third kappa shape index (κ3) is 9.26. The summed E-state index contributed by atoms with van der Waals surface area (Å²) in [5.74, 6) is -1.47. The van der Waals surface area contributed by atoms with Crippen molar-refractivity contribution in [1.29, 1.82) is 0 Å². The summed E-state index contributed by atoms with van der Waals surface area (Å²) >= 11 is 0. The third-order valence-corrected chi connectivity index (χ3v) is 6.82. The molecule has 0 spiro atoms. The molecule has 9 N–H and O–H groups in total. The van der Waals surface area contributed by atoms with Gasteiger partial charge in [0.25, 0.3) is 0 Å². The van der Waals surface area contributed by atoms with E-state index in [9.17, 15) is 60.0 Å². The average Bonchev–Trinajstić information content (AvgIpc) is 3.06. The number of hydrogen-bond donors (Lipinski definition) is 9. The first kappa shape index (κ1) is 36.7. The van der Waals surface area contributed by atoms with Crippen molar-refractivity contribution in [3.05, 3.63) is 71.3 Å². The van der Waals surface area contributed by atoms with Crippen molar-refractivity contribution in [2.75, 3.05) is 19.8 Å². The number of aliphatic hydroxyl groups excluding tert-OH is 8. The maximum atomic E-state index is 13.1. The normalized spacial score (nSPS) is 18.4. The molecule has 0 bridgehead atoms. The molecule has 0 heterocycles. The molecule has 2 aromatic carbocycles. The number of aldehydes is 2.